The maximum absolute atomic E-state index is 5.67. The molecule has 0 unspecified atom stereocenters. The Morgan fingerprint density at radius 2 is 2.15 bits per heavy atom. The zero-order valence-electron chi connectivity index (χ0n) is 16.5. The van der Waals surface area contributed by atoms with Gasteiger partial charge in [-0.05, 0) is 62.6 Å². The molecular weight excluding hydrogens is 451 g/mol. The second kappa shape index (κ2) is 11.5. The van der Waals surface area contributed by atoms with Crippen LogP contribution in [0, 0.1) is 12.8 Å². The standard InChI is InChI=1S/C21H32N4O.HI/c1-3-22-21(23-10-4-12-26-15-17-6-7-17)24-11-9-18-14-25-20-13-16(2)5-8-19(18)20;/h5,8,13-14,17,25H,3-4,6-7,9-12,15H2,1-2H3,(H2,22,23,24);1H. The fraction of sp³-hybridized carbons (Fsp3) is 0.571. The van der Waals surface area contributed by atoms with Gasteiger partial charge in [0, 0.05) is 49.9 Å². The van der Waals surface area contributed by atoms with Gasteiger partial charge >= 0.3 is 0 Å². The molecule has 3 N–H and O–H groups in total. The minimum absolute atomic E-state index is 0. The highest BCUT2D eigenvalue weighted by atomic mass is 127. The molecule has 0 aliphatic heterocycles. The molecule has 150 valence electrons. The van der Waals surface area contributed by atoms with E-state index in [9.17, 15) is 0 Å². The first kappa shape index (κ1) is 22.0. The SMILES string of the molecule is CCNC(=NCCCOCC1CC1)NCCc1c[nH]c2cc(C)ccc12.I. The van der Waals surface area contributed by atoms with Gasteiger partial charge in [-0.25, -0.2) is 0 Å². The van der Waals surface area contributed by atoms with E-state index in [-0.39, 0.29) is 24.0 Å². The van der Waals surface area contributed by atoms with Crippen LogP contribution in [0.1, 0.15) is 37.3 Å². The molecule has 1 aliphatic carbocycles. The zero-order chi connectivity index (χ0) is 18.2. The third-order valence-corrected chi connectivity index (χ3v) is 4.72. The van der Waals surface area contributed by atoms with Crippen molar-refractivity contribution in [2.45, 2.75) is 39.5 Å². The van der Waals surface area contributed by atoms with Gasteiger partial charge in [0.05, 0.1) is 0 Å². The van der Waals surface area contributed by atoms with E-state index in [1.54, 1.807) is 0 Å². The molecular formula is C21H33IN4O. The van der Waals surface area contributed by atoms with E-state index in [0.29, 0.717) is 0 Å². The number of H-pyrrole nitrogens is 1. The van der Waals surface area contributed by atoms with Gasteiger partial charge in [-0.15, -0.1) is 24.0 Å². The zero-order valence-corrected chi connectivity index (χ0v) is 18.8. The molecule has 27 heavy (non-hydrogen) atoms. The van der Waals surface area contributed by atoms with E-state index in [2.05, 4.69) is 58.9 Å². The number of rotatable bonds is 10. The normalized spacial score (nSPS) is 14.2. The number of aryl methyl sites for hydroxylation is 1. The minimum atomic E-state index is 0. The van der Waals surface area contributed by atoms with Crippen molar-refractivity contribution < 1.29 is 4.74 Å². The summed E-state index contributed by atoms with van der Waals surface area (Å²) < 4.78 is 5.67. The summed E-state index contributed by atoms with van der Waals surface area (Å²) in [7, 11) is 0. The van der Waals surface area contributed by atoms with Crippen LogP contribution in [0.2, 0.25) is 0 Å². The lowest BCUT2D eigenvalue weighted by molar-refractivity contribution is 0.123. The Morgan fingerprint density at radius 3 is 2.93 bits per heavy atom. The second-order valence-electron chi connectivity index (χ2n) is 7.17. The number of aromatic amines is 1. The van der Waals surface area contributed by atoms with Crippen LogP contribution in [-0.2, 0) is 11.2 Å². The van der Waals surface area contributed by atoms with E-state index >= 15 is 0 Å². The van der Waals surface area contributed by atoms with Crippen molar-refractivity contribution in [3.05, 3.63) is 35.5 Å². The number of aliphatic imine (C=N–C) groups is 1. The van der Waals surface area contributed by atoms with E-state index in [4.69, 9.17) is 4.74 Å². The molecule has 0 amide bonds. The van der Waals surface area contributed by atoms with Crippen LogP contribution in [0.4, 0.5) is 0 Å². The van der Waals surface area contributed by atoms with Gasteiger partial charge < -0.3 is 20.4 Å². The first-order valence-corrected chi connectivity index (χ1v) is 9.93. The van der Waals surface area contributed by atoms with Gasteiger partial charge in [-0.2, -0.15) is 0 Å². The van der Waals surface area contributed by atoms with Gasteiger partial charge in [0.1, 0.15) is 0 Å². The maximum atomic E-state index is 5.67. The second-order valence-corrected chi connectivity index (χ2v) is 7.17. The molecule has 3 rings (SSSR count). The Morgan fingerprint density at radius 1 is 1.30 bits per heavy atom. The number of halogens is 1. The molecule has 0 spiro atoms. The number of benzene rings is 1. The number of guanidine groups is 1. The van der Waals surface area contributed by atoms with E-state index in [0.717, 1.165) is 57.6 Å². The maximum Gasteiger partial charge on any atom is 0.191 e. The highest BCUT2D eigenvalue weighted by Crippen LogP contribution is 2.28. The highest BCUT2D eigenvalue weighted by Gasteiger charge is 2.20. The topological polar surface area (TPSA) is 61.4 Å². The average Bonchev–Trinajstić information content (AvgIpc) is 3.38. The molecule has 1 saturated carbocycles. The van der Waals surface area contributed by atoms with Crippen molar-refractivity contribution in [3.8, 4) is 0 Å². The molecule has 1 heterocycles. The molecule has 5 nitrogen and oxygen atoms in total. The summed E-state index contributed by atoms with van der Waals surface area (Å²) in [4.78, 5) is 8.02. The molecule has 1 fully saturated rings. The van der Waals surface area contributed by atoms with Crippen LogP contribution in [-0.4, -0.2) is 43.8 Å². The summed E-state index contributed by atoms with van der Waals surface area (Å²) in [6.07, 6.45) is 6.77. The van der Waals surface area contributed by atoms with Gasteiger partial charge in [0.25, 0.3) is 0 Å². The van der Waals surface area contributed by atoms with Crippen LogP contribution >= 0.6 is 24.0 Å². The Kier molecular flexibility index (Phi) is 9.41. The van der Waals surface area contributed by atoms with Crippen molar-refractivity contribution in [3.63, 3.8) is 0 Å². The minimum Gasteiger partial charge on any atom is -0.381 e. The summed E-state index contributed by atoms with van der Waals surface area (Å²) in [5, 5.41) is 8.07. The van der Waals surface area contributed by atoms with Crippen molar-refractivity contribution >= 4 is 40.8 Å². The molecule has 1 aliphatic rings. The quantitative estimate of drug-likeness (QED) is 0.207. The lowest BCUT2D eigenvalue weighted by Crippen LogP contribution is -2.38. The number of hydrogen-bond acceptors (Lipinski definition) is 2. The smallest absolute Gasteiger partial charge is 0.191 e. The van der Waals surface area contributed by atoms with Crippen molar-refractivity contribution in [1.82, 2.24) is 15.6 Å². The number of hydrogen-bond donors (Lipinski definition) is 3. The molecule has 1 aromatic heterocycles. The summed E-state index contributed by atoms with van der Waals surface area (Å²) >= 11 is 0. The first-order valence-electron chi connectivity index (χ1n) is 9.93. The number of nitrogens with one attached hydrogen (secondary N) is 3. The number of fused-ring (bicyclic) bond motifs is 1. The number of nitrogens with zero attached hydrogens (tertiary/aromatic N) is 1. The average molecular weight is 484 g/mol. The number of ether oxygens (including phenoxy) is 1. The fourth-order valence-electron chi connectivity index (χ4n) is 3.06. The number of aromatic nitrogens is 1. The van der Waals surface area contributed by atoms with Crippen LogP contribution < -0.4 is 10.6 Å². The Hall–Kier alpha value is -1.28. The fourth-order valence-corrected chi connectivity index (χ4v) is 3.06. The highest BCUT2D eigenvalue weighted by molar-refractivity contribution is 14.0. The van der Waals surface area contributed by atoms with Crippen LogP contribution in [0.3, 0.4) is 0 Å². The third kappa shape index (κ3) is 7.33. The largest absolute Gasteiger partial charge is 0.381 e. The summed E-state index contributed by atoms with van der Waals surface area (Å²) in [5.74, 6) is 1.73. The monoisotopic (exact) mass is 484 g/mol. The predicted molar refractivity (Wildman–Crippen MR) is 124 cm³/mol. The molecule has 6 heteroatoms. The van der Waals surface area contributed by atoms with E-state index in [1.807, 2.05) is 0 Å². The van der Waals surface area contributed by atoms with E-state index < -0.39 is 0 Å². The third-order valence-electron chi connectivity index (χ3n) is 4.72. The Bertz CT molecular complexity index is 724. The van der Waals surface area contributed by atoms with Crippen molar-refractivity contribution in [2.24, 2.45) is 10.9 Å². The molecule has 0 bridgehead atoms. The Balaban J connectivity index is 0.00000261. The van der Waals surface area contributed by atoms with Gasteiger partial charge in [-0.1, -0.05) is 12.1 Å². The molecule has 0 atom stereocenters. The van der Waals surface area contributed by atoms with Crippen molar-refractivity contribution in [1.29, 1.82) is 0 Å². The van der Waals surface area contributed by atoms with Crippen LogP contribution in [0.5, 0.6) is 0 Å². The first-order chi connectivity index (χ1) is 12.8. The molecule has 0 saturated heterocycles. The van der Waals surface area contributed by atoms with Gasteiger partial charge in [0.2, 0.25) is 0 Å². The summed E-state index contributed by atoms with van der Waals surface area (Å²) in [5.41, 5.74) is 3.84. The van der Waals surface area contributed by atoms with Crippen molar-refractivity contribution in [2.75, 3.05) is 32.8 Å². The summed E-state index contributed by atoms with van der Waals surface area (Å²) in [6.45, 7) is 8.50. The van der Waals surface area contributed by atoms with Crippen LogP contribution in [0.15, 0.2) is 29.4 Å². The predicted octanol–water partition coefficient (Wildman–Crippen LogP) is 4.01. The molecule has 1 aromatic carbocycles. The van der Waals surface area contributed by atoms with Gasteiger partial charge in [0.15, 0.2) is 5.96 Å². The Labute approximate surface area is 179 Å². The van der Waals surface area contributed by atoms with E-state index in [1.165, 1.54) is 34.9 Å². The lowest BCUT2D eigenvalue weighted by atomic mass is 10.1. The summed E-state index contributed by atoms with van der Waals surface area (Å²) in [6, 6.07) is 6.57. The van der Waals surface area contributed by atoms with Crippen LogP contribution in [0.25, 0.3) is 10.9 Å². The molecule has 0 radical (unpaired) electrons. The molecule has 2 aromatic rings. The van der Waals surface area contributed by atoms with Gasteiger partial charge in [-0.3, -0.25) is 4.99 Å². The lowest BCUT2D eigenvalue weighted by Gasteiger charge is -2.11.